The Morgan fingerprint density at radius 3 is 2.50 bits per heavy atom. The molecule has 8 atom stereocenters. The molecule has 5 rings (SSSR count). The van der Waals surface area contributed by atoms with E-state index in [1.165, 1.54) is 56.9 Å². The molecule has 242 valence electrons. The lowest BCUT2D eigenvalue weighted by atomic mass is 9.47. The standard InChI is InChI=1S/C39H56O5/c1-7-23-42-30-14-11-28(12-15-30)37(41)43-25-36(40)44-31-19-21-38(5)29(24-31)13-16-32-34-18-17-33(27(4)10-8-9-26(2)3)39(34,6)22-20-35(32)38/h7,11-15,26-27,31-35H,1,8-10,16-25H2,2-6H3/t27-,31+,32+,33-,34+,35+,38+,39-/m1/s1. The van der Waals surface area contributed by atoms with Gasteiger partial charge in [-0.2, -0.15) is 0 Å². The van der Waals surface area contributed by atoms with Crippen LogP contribution in [-0.2, 0) is 14.3 Å². The zero-order valence-corrected chi connectivity index (χ0v) is 27.9. The summed E-state index contributed by atoms with van der Waals surface area (Å²) < 4.78 is 16.6. The number of allylic oxidation sites excluding steroid dienone is 1. The van der Waals surface area contributed by atoms with Crippen LogP contribution in [0.5, 0.6) is 5.75 Å². The summed E-state index contributed by atoms with van der Waals surface area (Å²) in [5.41, 5.74) is 2.57. The lowest BCUT2D eigenvalue weighted by molar-refractivity contribution is -0.155. The summed E-state index contributed by atoms with van der Waals surface area (Å²) >= 11 is 0. The van der Waals surface area contributed by atoms with Crippen molar-refractivity contribution in [3.8, 4) is 5.75 Å². The Bertz CT molecular complexity index is 1200. The molecule has 0 heterocycles. The van der Waals surface area contributed by atoms with Crippen molar-refractivity contribution >= 4 is 11.9 Å². The quantitative estimate of drug-likeness (QED) is 0.176. The highest BCUT2D eigenvalue weighted by Crippen LogP contribution is 2.67. The molecular formula is C39H56O5. The van der Waals surface area contributed by atoms with Crippen LogP contribution >= 0.6 is 0 Å². The van der Waals surface area contributed by atoms with E-state index in [0.29, 0.717) is 23.3 Å². The molecule has 0 amide bonds. The predicted molar refractivity (Wildman–Crippen MR) is 175 cm³/mol. The van der Waals surface area contributed by atoms with Gasteiger partial charge in [-0.05, 0) is 116 Å². The molecular weight excluding hydrogens is 548 g/mol. The van der Waals surface area contributed by atoms with E-state index in [1.54, 1.807) is 30.3 Å². The molecule has 3 saturated carbocycles. The lowest BCUT2D eigenvalue weighted by Gasteiger charge is -2.58. The molecule has 3 fully saturated rings. The van der Waals surface area contributed by atoms with Crippen LogP contribution in [0.2, 0.25) is 0 Å². The van der Waals surface area contributed by atoms with Crippen molar-refractivity contribution in [3.05, 3.63) is 54.1 Å². The second kappa shape index (κ2) is 13.8. The number of benzene rings is 1. The Morgan fingerprint density at radius 1 is 1.00 bits per heavy atom. The highest BCUT2D eigenvalue weighted by atomic mass is 16.6. The van der Waals surface area contributed by atoms with E-state index in [9.17, 15) is 9.59 Å². The van der Waals surface area contributed by atoms with Crippen molar-refractivity contribution in [2.75, 3.05) is 13.2 Å². The number of fused-ring (bicyclic) bond motifs is 5. The molecule has 5 heteroatoms. The molecule has 0 saturated heterocycles. The van der Waals surface area contributed by atoms with Crippen molar-refractivity contribution < 1.29 is 23.8 Å². The second-order valence-corrected chi connectivity index (χ2v) is 15.3. The minimum atomic E-state index is -0.544. The first-order valence-electron chi connectivity index (χ1n) is 17.4. The molecule has 1 aromatic rings. The zero-order chi connectivity index (χ0) is 31.5. The molecule has 44 heavy (non-hydrogen) atoms. The Morgan fingerprint density at radius 2 is 1.77 bits per heavy atom. The third-order valence-corrected chi connectivity index (χ3v) is 12.3. The molecule has 0 bridgehead atoms. The van der Waals surface area contributed by atoms with Crippen LogP contribution in [0.4, 0.5) is 0 Å². The van der Waals surface area contributed by atoms with Crippen LogP contribution in [0.15, 0.2) is 48.6 Å². The van der Waals surface area contributed by atoms with E-state index < -0.39 is 11.9 Å². The van der Waals surface area contributed by atoms with Crippen molar-refractivity contribution in [1.29, 1.82) is 0 Å². The van der Waals surface area contributed by atoms with Gasteiger partial charge >= 0.3 is 11.9 Å². The number of carbonyl (C=O) groups is 2. The molecule has 4 aliphatic rings. The molecule has 0 aromatic heterocycles. The van der Waals surface area contributed by atoms with Crippen molar-refractivity contribution in [1.82, 2.24) is 0 Å². The SMILES string of the molecule is C=CCOc1ccc(C(=O)OCC(=O)O[C@H]2CC[C@@]3(C)C(=CC[C@H]4[C@@H]5CC[C@H]([C@H](C)CCCC(C)C)[C@@]5(C)CC[C@@H]43)C2)cc1. The molecule has 0 spiro atoms. The summed E-state index contributed by atoms with van der Waals surface area (Å²) in [7, 11) is 0. The maximum Gasteiger partial charge on any atom is 0.344 e. The fraction of sp³-hybridized carbons (Fsp3) is 0.692. The molecule has 0 unspecified atom stereocenters. The van der Waals surface area contributed by atoms with Gasteiger partial charge in [0.1, 0.15) is 18.5 Å². The largest absolute Gasteiger partial charge is 0.490 e. The van der Waals surface area contributed by atoms with Gasteiger partial charge in [-0.3, -0.25) is 0 Å². The van der Waals surface area contributed by atoms with E-state index in [0.717, 1.165) is 54.8 Å². The smallest absolute Gasteiger partial charge is 0.344 e. The third-order valence-electron chi connectivity index (χ3n) is 12.3. The van der Waals surface area contributed by atoms with Crippen LogP contribution in [0.25, 0.3) is 0 Å². The molecule has 1 aromatic carbocycles. The molecule has 0 radical (unpaired) electrons. The summed E-state index contributed by atoms with van der Waals surface area (Å²) in [6, 6.07) is 6.66. The lowest BCUT2D eigenvalue weighted by Crippen LogP contribution is -2.51. The first kappa shape index (κ1) is 32.8. The number of carbonyl (C=O) groups excluding carboxylic acids is 2. The van der Waals surface area contributed by atoms with Crippen molar-refractivity contribution in [2.45, 2.75) is 111 Å². The second-order valence-electron chi connectivity index (χ2n) is 15.3. The van der Waals surface area contributed by atoms with Crippen LogP contribution in [-0.4, -0.2) is 31.3 Å². The fourth-order valence-electron chi connectivity index (χ4n) is 10.0. The van der Waals surface area contributed by atoms with Crippen LogP contribution in [0.3, 0.4) is 0 Å². The van der Waals surface area contributed by atoms with Crippen LogP contribution in [0, 0.1) is 46.3 Å². The van der Waals surface area contributed by atoms with Gasteiger partial charge in [0.2, 0.25) is 0 Å². The van der Waals surface area contributed by atoms with Crippen molar-refractivity contribution in [2.24, 2.45) is 46.3 Å². The molecule has 0 N–H and O–H groups in total. The zero-order valence-electron chi connectivity index (χ0n) is 27.9. The summed E-state index contributed by atoms with van der Waals surface area (Å²) in [5.74, 6) is 4.51. The number of hydrogen-bond donors (Lipinski definition) is 0. The summed E-state index contributed by atoms with van der Waals surface area (Å²) in [5, 5.41) is 0. The molecule has 0 aliphatic heterocycles. The average molecular weight is 605 g/mol. The van der Waals surface area contributed by atoms with E-state index >= 15 is 0 Å². The Labute approximate surface area is 266 Å². The highest BCUT2D eigenvalue weighted by molar-refractivity contribution is 5.90. The van der Waals surface area contributed by atoms with E-state index in [-0.39, 0.29) is 18.1 Å². The first-order valence-corrected chi connectivity index (χ1v) is 17.4. The number of esters is 2. The maximum absolute atomic E-state index is 12.7. The highest BCUT2D eigenvalue weighted by Gasteiger charge is 2.59. The van der Waals surface area contributed by atoms with Gasteiger partial charge in [-0.15, -0.1) is 0 Å². The van der Waals surface area contributed by atoms with Crippen molar-refractivity contribution in [3.63, 3.8) is 0 Å². The van der Waals surface area contributed by atoms with Gasteiger partial charge in [0, 0.05) is 6.42 Å². The monoisotopic (exact) mass is 604 g/mol. The van der Waals surface area contributed by atoms with Gasteiger partial charge in [0.15, 0.2) is 6.61 Å². The Hall–Kier alpha value is -2.56. The minimum absolute atomic E-state index is 0.144. The van der Waals surface area contributed by atoms with Crippen LogP contribution < -0.4 is 4.74 Å². The number of ether oxygens (including phenoxy) is 3. The Balaban J connectivity index is 1.13. The average Bonchev–Trinajstić information content (AvgIpc) is 3.36. The topological polar surface area (TPSA) is 61.8 Å². The fourth-order valence-corrected chi connectivity index (χ4v) is 10.0. The third kappa shape index (κ3) is 6.82. The minimum Gasteiger partial charge on any atom is -0.490 e. The van der Waals surface area contributed by atoms with E-state index in [2.05, 4.69) is 47.3 Å². The van der Waals surface area contributed by atoms with Gasteiger partial charge in [-0.25, -0.2) is 9.59 Å². The first-order chi connectivity index (χ1) is 21.0. The Kier molecular flexibility index (Phi) is 10.3. The number of hydrogen-bond acceptors (Lipinski definition) is 5. The van der Waals surface area contributed by atoms with Gasteiger partial charge in [-0.1, -0.05) is 78.2 Å². The van der Waals surface area contributed by atoms with Gasteiger partial charge in [0.25, 0.3) is 0 Å². The normalized spacial score (nSPS) is 33.3. The van der Waals surface area contributed by atoms with E-state index in [1.807, 2.05) is 0 Å². The van der Waals surface area contributed by atoms with Gasteiger partial charge in [0.05, 0.1) is 5.56 Å². The summed E-state index contributed by atoms with van der Waals surface area (Å²) in [6.07, 6.45) is 17.6. The summed E-state index contributed by atoms with van der Waals surface area (Å²) in [6.45, 7) is 16.1. The molecule has 5 nitrogen and oxygen atoms in total. The summed E-state index contributed by atoms with van der Waals surface area (Å²) in [4.78, 5) is 25.1. The number of rotatable bonds is 12. The predicted octanol–water partition coefficient (Wildman–Crippen LogP) is 9.36. The maximum atomic E-state index is 12.7. The van der Waals surface area contributed by atoms with Crippen LogP contribution in [0.1, 0.15) is 116 Å². The van der Waals surface area contributed by atoms with Gasteiger partial charge < -0.3 is 14.2 Å². The van der Waals surface area contributed by atoms with E-state index in [4.69, 9.17) is 14.2 Å². The molecule has 4 aliphatic carbocycles.